The van der Waals surface area contributed by atoms with Crippen molar-refractivity contribution >= 4 is 17.4 Å². The number of para-hydroxylation sites is 1. The summed E-state index contributed by atoms with van der Waals surface area (Å²) in [5.41, 5.74) is -0.0240. The maximum atomic E-state index is 10.4. The monoisotopic (exact) mass is 180 g/mol. The molecule has 0 amide bonds. The molecule has 1 aromatic rings. The zero-order valence-electron chi connectivity index (χ0n) is 5.93. The molecule has 0 saturated carbocycles. The second kappa shape index (κ2) is 3.74. The van der Waals surface area contributed by atoms with Crippen molar-refractivity contribution in [3.05, 3.63) is 34.4 Å². The van der Waals surface area contributed by atoms with Gasteiger partial charge in [-0.1, -0.05) is 12.1 Å². The first kappa shape index (κ1) is 8.56. The summed E-state index contributed by atoms with van der Waals surface area (Å²) in [5, 5.41) is 20.5. The van der Waals surface area contributed by atoms with Gasteiger partial charge in [0.05, 0.1) is 9.82 Å². The number of hydrogen-bond donors (Lipinski definition) is 0. The van der Waals surface area contributed by atoms with Gasteiger partial charge in [0.2, 0.25) is 0 Å². The molecular weight excluding hydrogens is 176 g/mol. The number of nitro groups is 1. The van der Waals surface area contributed by atoms with Gasteiger partial charge in [-0.2, -0.15) is 5.26 Å². The van der Waals surface area contributed by atoms with Gasteiger partial charge in [-0.05, 0) is 17.8 Å². The van der Waals surface area contributed by atoms with Gasteiger partial charge in [-0.25, -0.2) is 0 Å². The Hall–Kier alpha value is -1.54. The van der Waals surface area contributed by atoms with Crippen LogP contribution in [0.4, 0.5) is 5.69 Å². The molecular formula is C7H4N2O2S. The second-order valence-electron chi connectivity index (χ2n) is 1.92. The summed E-state index contributed by atoms with van der Waals surface area (Å²) in [4.78, 5) is 10.3. The molecule has 0 aliphatic heterocycles. The third-order valence-corrected chi connectivity index (χ3v) is 1.87. The highest BCUT2D eigenvalue weighted by Gasteiger charge is 2.11. The van der Waals surface area contributed by atoms with Crippen LogP contribution >= 0.6 is 11.8 Å². The normalized spacial score (nSPS) is 8.92. The van der Waals surface area contributed by atoms with Crippen LogP contribution in [0, 0.1) is 20.8 Å². The summed E-state index contributed by atoms with van der Waals surface area (Å²) < 4.78 is 0. The number of hydrogen-bond acceptors (Lipinski definition) is 4. The van der Waals surface area contributed by atoms with Crippen molar-refractivity contribution in [3.63, 3.8) is 0 Å². The molecule has 1 rings (SSSR count). The molecule has 0 saturated heterocycles. The molecule has 1 aromatic carbocycles. The molecule has 0 spiro atoms. The highest BCUT2D eigenvalue weighted by atomic mass is 32.2. The van der Waals surface area contributed by atoms with Crippen LogP contribution in [0.25, 0.3) is 0 Å². The van der Waals surface area contributed by atoms with Gasteiger partial charge in [0, 0.05) is 6.07 Å². The molecule has 12 heavy (non-hydrogen) atoms. The van der Waals surface area contributed by atoms with Gasteiger partial charge in [-0.15, -0.1) is 0 Å². The largest absolute Gasteiger partial charge is 0.283 e. The van der Waals surface area contributed by atoms with E-state index in [9.17, 15) is 10.1 Å². The summed E-state index contributed by atoms with van der Waals surface area (Å²) in [7, 11) is 0. The van der Waals surface area contributed by atoms with Crippen molar-refractivity contribution in [1.82, 2.24) is 0 Å². The molecule has 0 N–H and O–H groups in total. The summed E-state index contributed by atoms with van der Waals surface area (Å²) in [6, 6.07) is 6.15. The Morgan fingerprint density at radius 1 is 1.50 bits per heavy atom. The molecule has 0 aliphatic rings. The Bertz CT molecular complexity index is 346. The quantitative estimate of drug-likeness (QED) is 0.303. The van der Waals surface area contributed by atoms with Crippen molar-refractivity contribution in [1.29, 1.82) is 5.26 Å². The highest BCUT2D eigenvalue weighted by Crippen LogP contribution is 2.27. The third kappa shape index (κ3) is 1.74. The van der Waals surface area contributed by atoms with Crippen molar-refractivity contribution < 1.29 is 4.92 Å². The maximum Gasteiger partial charge on any atom is 0.283 e. The fourth-order valence-electron chi connectivity index (χ4n) is 0.743. The first-order valence-electron chi connectivity index (χ1n) is 3.05. The van der Waals surface area contributed by atoms with Crippen LogP contribution in [0.5, 0.6) is 0 Å². The topological polar surface area (TPSA) is 66.9 Å². The van der Waals surface area contributed by atoms with E-state index in [-0.39, 0.29) is 5.69 Å². The van der Waals surface area contributed by atoms with Gasteiger partial charge in [0.25, 0.3) is 5.69 Å². The molecule has 0 bridgehead atoms. The van der Waals surface area contributed by atoms with Crippen LogP contribution in [0.2, 0.25) is 0 Å². The summed E-state index contributed by atoms with van der Waals surface area (Å²) in [6.45, 7) is 0. The number of nitriles is 1. The first-order valence-corrected chi connectivity index (χ1v) is 3.86. The van der Waals surface area contributed by atoms with E-state index in [1.807, 2.05) is 0 Å². The highest BCUT2D eigenvalue weighted by molar-refractivity contribution is 8.03. The lowest BCUT2D eigenvalue weighted by Crippen LogP contribution is -1.88. The summed E-state index contributed by atoms with van der Waals surface area (Å²) in [5.74, 6) is 0. The number of thioether (sulfide) groups is 1. The minimum Gasteiger partial charge on any atom is -0.258 e. The Kier molecular flexibility index (Phi) is 2.66. The minimum absolute atomic E-state index is 0.0240. The van der Waals surface area contributed by atoms with Crippen LogP contribution in [-0.4, -0.2) is 4.92 Å². The van der Waals surface area contributed by atoms with Crippen molar-refractivity contribution in [2.24, 2.45) is 0 Å². The predicted octanol–water partition coefficient (Wildman–Crippen LogP) is 2.17. The smallest absolute Gasteiger partial charge is 0.258 e. The Labute approximate surface area is 73.0 Å². The van der Waals surface area contributed by atoms with Gasteiger partial charge in [0.15, 0.2) is 0 Å². The Balaban J connectivity index is 3.10. The number of thiocyanates is 1. The average Bonchev–Trinajstić information content (AvgIpc) is 2.05. The standard InChI is InChI=1S/C7H4N2O2S/c8-5-12-7-4-2-1-3-6(7)9(10)11/h1-4H. The molecule has 0 fully saturated rings. The fraction of sp³-hybridized carbons (Fsp3) is 0. The Morgan fingerprint density at radius 3 is 2.75 bits per heavy atom. The molecule has 0 aliphatic carbocycles. The Morgan fingerprint density at radius 2 is 2.17 bits per heavy atom. The minimum atomic E-state index is -0.500. The summed E-state index contributed by atoms with van der Waals surface area (Å²) in [6.07, 6.45) is 0. The van der Waals surface area contributed by atoms with E-state index in [0.29, 0.717) is 4.90 Å². The number of nitro benzene ring substituents is 1. The van der Waals surface area contributed by atoms with Crippen LogP contribution in [0.1, 0.15) is 0 Å². The van der Waals surface area contributed by atoms with E-state index < -0.39 is 4.92 Å². The lowest BCUT2D eigenvalue weighted by atomic mass is 10.3. The number of rotatable bonds is 2. The average molecular weight is 180 g/mol. The van der Waals surface area contributed by atoms with Gasteiger partial charge in [-0.3, -0.25) is 10.1 Å². The predicted molar refractivity (Wildman–Crippen MR) is 44.6 cm³/mol. The number of nitrogens with zero attached hydrogens (tertiary/aromatic N) is 2. The van der Waals surface area contributed by atoms with E-state index in [2.05, 4.69) is 0 Å². The molecule has 0 radical (unpaired) electrons. The SMILES string of the molecule is N#CSc1ccccc1[N+](=O)[O-]. The van der Waals surface area contributed by atoms with E-state index in [1.165, 1.54) is 6.07 Å². The second-order valence-corrected chi connectivity index (χ2v) is 2.74. The van der Waals surface area contributed by atoms with Crippen LogP contribution < -0.4 is 0 Å². The number of benzene rings is 1. The van der Waals surface area contributed by atoms with E-state index in [1.54, 1.807) is 23.6 Å². The molecule has 0 unspecified atom stereocenters. The molecule has 5 heteroatoms. The maximum absolute atomic E-state index is 10.4. The fourth-order valence-corrected chi connectivity index (χ4v) is 1.24. The summed E-state index contributed by atoms with van der Waals surface area (Å²) >= 11 is 0.794. The van der Waals surface area contributed by atoms with Crippen molar-refractivity contribution in [2.75, 3.05) is 0 Å². The first-order chi connectivity index (χ1) is 5.75. The van der Waals surface area contributed by atoms with Crippen LogP contribution in [-0.2, 0) is 0 Å². The van der Waals surface area contributed by atoms with E-state index >= 15 is 0 Å². The van der Waals surface area contributed by atoms with Crippen LogP contribution in [0.15, 0.2) is 29.2 Å². The van der Waals surface area contributed by atoms with Gasteiger partial charge in [0.1, 0.15) is 5.40 Å². The van der Waals surface area contributed by atoms with Crippen LogP contribution in [0.3, 0.4) is 0 Å². The zero-order valence-corrected chi connectivity index (χ0v) is 6.75. The lowest BCUT2D eigenvalue weighted by molar-refractivity contribution is -0.387. The third-order valence-electron chi connectivity index (χ3n) is 1.22. The molecule has 4 nitrogen and oxygen atoms in total. The molecule has 60 valence electrons. The van der Waals surface area contributed by atoms with Gasteiger partial charge >= 0.3 is 0 Å². The van der Waals surface area contributed by atoms with E-state index in [0.717, 1.165) is 11.8 Å². The lowest BCUT2D eigenvalue weighted by Gasteiger charge is -1.94. The van der Waals surface area contributed by atoms with E-state index in [4.69, 9.17) is 5.26 Å². The van der Waals surface area contributed by atoms with Crippen molar-refractivity contribution in [3.8, 4) is 5.40 Å². The molecule has 0 aromatic heterocycles. The zero-order chi connectivity index (χ0) is 8.97. The molecule has 0 atom stereocenters. The molecule has 0 heterocycles. The van der Waals surface area contributed by atoms with Crippen molar-refractivity contribution in [2.45, 2.75) is 4.90 Å². The van der Waals surface area contributed by atoms with Gasteiger partial charge < -0.3 is 0 Å².